The van der Waals surface area contributed by atoms with Gasteiger partial charge in [0.05, 0.1) is 6.10 Å². The Bertz CT molecular complexity index is 532. The van der Waals surface area contributed by atoms with Crippen molar-refractivity contribution in [1.82, 2.24) is 15.2 Å². The summed E-state index contributed by atoms with van der Waals surface area (Å²) in [6.45, 7) is 2.96. The van der Waals surface area contributed by atoms with Crippen LogP contribution in [0.4, 0.5) is 0 Å². The summed E-state index contributed by atoms with van der Waals surface area (Å²) in [5, 5.41) is 3.07. The van der Waals surface area contributed by atoms with Gasteiger partial charge in [0.15, 0.2) is 0 Å². The number of carbonyl (C=O) groups excluding carboxylic acids is 1. The van der Waals surface area contributed by atoms with Gasteiger partial charge in [0.2, 0.25) is 5.91 Å². The van der Waals surface area contributed by atoms with Crippen LogP contribution in [0.5, 0.6) is 0 Å². The van der Waals surface area contributed by atoms with Crippen molar-refractivity contribution in [3.8, 4) is 0 Å². The van der Waals surface area contributed by atoms with E-state index in [-0.39, 0.29) is 18.1 Å². The number of carbonyl (C=O) groups is 1. The molecule has 0 unspecified atom stereocenters. The van der Waals surface area contributed by atoms with Gasteiger partial charge < -0.3 is 10.1 Å². The van der Waals surface area contributed by atoms with Gasteiger partial charge >= 0.3 is 0 Å². The molecule has 3 fully saturated rings. The highest BCUT2D eigenvalue weighted by molar-refractivity contribution is 5.81. The van der Waals surface area contributed by atoms with E-state index in [1.54, 1.807) is 0 Å². The van der Waals surface area contributed by atoms with Crippen molar-refractivity contribution >= 4 is 5.91 Å². The Labute approximate surface area is 131 Å². The van der Waals surface area contributed by atoms with E-state index in [9.17, 15) is 4.79 Å². The molecule has 5 heteroatoms. The second-order valence-corrected chi connectivity index (χ2v) is 6.82. The number of likely N-dealkylation sites (tertiary alicyclic amines) is 1. The van der Waals surface area contributed by atoms with Crippen LogP contribution in [-0.2, 0) is 16.1 Å². The number of nitrogens with zero attached hydrogens (tertiary/aromatic N) is 2. The first-order valence-electron chi connectivity index (χ1n) is 8.35. The fourth-order valence-electron chi connectivity index (χ4n) is 3.58. The van der Waals surface area contributed by atoms with Gasteiger partial charge in [-0.2, -0.15) is 0 Å². The van der Waals surface area contributed by atoms with Crippen LogP contribution in [0.15, 0.2) is 24.5 Å². The van der Waals surface area contributed by atoms with Crippen molar-refractivity contribution in [1.29, 1.82) is 0 Å². The minimum atomic E-state index is -0.225. The number of piperidine rings is 1. The highest BCUT2D eigenvalue weighted by atomic mass is 16.5. The lowest BCUT2D eigenvalue weighted by atomic mass is 9.91. The average molecular weight is 301 g/mol. The van der Waals surface area contributed by atoms with Crippen LogP contribution in [0, 0.1) is 5.92 Å². The maximum atomic E-state index is 12.2. The number of aromatic nitrogens is 1. The van der Waals surface area contributed by atoms with E-state index in [0.29, 0.717) is 12.0 Å². The maximum absolute atomic E-state index is 12.2. The molecule has 1 aromatic rings. The average Bonchev–Trinajstić information content (AvgIpc) is 3.24. The van der Waals surface area contributed by atoms with Gasteiger partial charge in [-0.05, 0) is 55.8 Å². The van der Waals surface area contributed by atoms with E-state index in [1.807, 2.05) is 12.4 Å². The van der Waals surface area contributed by atoms with Gasteiger partial charge in [-0.25, -0.2) is 0 Å². The molecule has 3 atom stereocenters. The molecule has 0 bridgehead atoms. The number of fused-ring (bicyclic) bond motifs is 1. The molecular formula is C17H23N3O2. The van der Waals surface area contributed by atoms with Crippen molar-refractivity contribution in [3.05, 3.63) is 30.1 Å². The van der Waals surface area contributed by atoms with Crippen LogP contribution in [0.1, 0.15) is 31.2 Å². The van der Waals surface area contributed by atoms with E-state index in [0.717, 1.165) is 45.3 Å². The predicted octanol–water partition coefficient (Wildman–Crippen LogP) is 1.34. The molecule has 1 N–H and O–H groups in total. The fraction of sp³-hybridized carbons (Fsp3) is 0.647. The second kappa shape index (κ2) is 5.97. The molecule has 1 aromatic heterocycles. The summed E-state index contributed by atoms with van der Waals surface area (Å²) in [6, 6.07) is 4.54. The Kier molecular flexibility index (Phi) is 3.84. The minimum Gasteiger partial charge on any atom is -0.364 e. The minimum absolute atomic E-state index is 0.109. The Hall–Kier alpha value is -1.46. The van der Waals surface area contributed by atoms with Crippen LogP contribution < -0.4 is 5.32 Å². The monoisotopic (exact) mass is 301 g/mol. The molecular weight excluding hydrogens is 278 g/mol. The van der Waals surface area contributed by atoms with Crippen molar-refractivity contribution in [2.45, 2.75) is 50.5 Å². The molecule has 5 nitrogen and oxygen atoms in total. The molecule has 4 rings (SSSR count). The topological polar surface area (TPSA) is 54.5 Å². The summed E-state index contributed by atoms with van der Waals surface area (Å²) < 4.78 is 6.06. The summed E-state index contributed by atoms with van der Waals surface area (Å²) in [4.78, 5) is 18.6. The lowest BCUT2D eigenvalue weighted by Gasteiger charge is -2.34. The van der Waals surface area contributed by atoms with Crippen LogP contribution >= 0.6 is 0 Å². The van der Waals surface area contributed by atoms with E-state index < -0.39 is 0 Å². The molecule has 1 saturated carbocycles. The summed E-state index contributed by atoms with van der Waals surface area (Å²) in [6.07, 6.45) is 7.95. The van der Waals surface area contributed by atoms with Gasteiger partial charge in [-0.1, -0.05) is 0 Å². The molecule has 0 radical (unpaired) electrons. The zero-order valence-corrected chi connectivity index (χ0v) is 12.8. The number of nitrogens with one attached hydrogen (secondary N) is 1. The van der Waals surface area contributed by atoms with Gasteiger partial charge in [0.1, 0.15) is 6.10 Å². The number of pyridine rings is 1. The molecule has 22 heavy (non-hydrogen) atoms. The van der Waals surface area contributed by atoms with Crippen molar-refractivity contribution < 1.29 is 9.53 Å². The van der Waals surface area contributed by atoms with E-state index >= 15 is 0 Å². The standard InChI is InChI=1S/C17H23N3O2/c21-17(19-14-1-2-14)15-9-13-5-8-20(11-16(13)22-15)10-12-3-6-18-7-4-12/h3-4,6-7,13-16H,1-2,5,8-11H2,(H,19,21)/t13-,15+,16-/m1/s1. The van der Waals surface area contributed by atoms with Gasteiger partial charge in [-0.3, -0.25) is 14.7 Å². The van der Waals surface area contributed by atoms with Crippen LogP contribution in [0.25, 0.3) is 0 Å². The molecule has 2 saturated heterocycles. The molecule has 3 heterocycles. The van der Waals surface area contributed by atoms with Crippen molar-refractivity contribution in [2.75, 3.05) is 13.1 Å². The summed E-state index contributed by atoms with van der Waals surface area (Å²) in [5.74, 6) is 0.654. The molecule has 0 spiro atoms. The Morgan fingerprint density at radius 1 is 1.32 bits per heavy atom. The van der Waals surface area contributed by atoms with E-state index in [1.165, 1.54) is 5.56 Å². The Balaban J connectivity index is 1.32. The second-order valence-electron chi connectivity index (χ2n) is 6.82. The summed E-state index contributed by atoms with van der Waals surface area (Å²) >= 11 is 0. The van der Waals surface area contributed by atoms with Crippen LogP contribution in [-0.4, -0.2) is 47.1 Å². The third kappa shape index (κ3) is 3.15. The van der Waals surface area contributed by atoms with Gasteiger partial charge in [0.25, 0.3) is 0 Å². The number of rotatable bonds is 4. The Morgan fingerprint density at radius 3 is 2.91 bits per heavy atom. The van der Waals surface area contributed by atoms with E-state index in [4.69, 9.17) is 4.74 Å². The molecule has 3 aliphatic rings. The quantitative estimate of drug-likeness (QED) is 0.912. The number of hydrogen-bond donors (Lipinski definition) is 1. The third-order valence-corrected chi connectivity index (χ3v) is 5.01. The third-order valence-electron chi connectivity index (χ3n) is 5.01. The van der Waals surface area contributed by atoms with E-state index in [2.05, 4.69) is 27.3 Å². The zero-order chi connectivity index (χ0) is 14.9. The SMILES string of the molecule is O=C(NC1CC1)[C@@H]1C[C@H]2CCN(Cc3ccncc3)C[C@H]2O1. The van der Waals surface area contributed by atoms with Crippen LogP contribution in [0.2, 0.25) is 0 Å². The highest BCUT2D eigenvalue weighted by Crippen LogP contribution is 2.34. The highest BCUT2D eigenvalue weighted by Gasteiger charge is 2.42. The Morgan fingerprint density at radius 2 is 2.14 bits per heavy atom. The smallest absolute Gasteiger partial charge is 0.249 e. The molecule has 1 aliphatic carbocycles. The normalized spacial score (nSPS) is 31.7. The molecule has 0 aromatic carbocycles. The maximum Gasteiger partial charge on any atom is 0.249 e. The van der Waals surface area contributed by atoms with Gasteiger partial charge in [0, 0.05) is 31.5 Å². The lowest BCUT2D eigenvalue weighted by molar-refractivity contribution is -0.133. The molecule has 118 valence electrons. The molecule has 1 amide bonds. The molecule has 2 aliphatic heterocycles. The first kappa shape index (κ1) is 14.2. The van der Waals surface area contributed by atoms with Crippen molar-refractivity contribution in [3.63, 3.8) is 0 Å². The first-order chi connectivity index (χ1) is 10.8. The number of ether oxygens (including phenoxy) is 1. The van der Waals surface area contributed by atoms with Crippen LogP contribution in [0.3, 0.4) is 0 Å². The lowest BCUT2D eigenvalue weighted by Crippen LogP contribution is -2.42. The summed E-state index contributed by atoms with van der Waals surface area (Å²) in [5.41, 5.74) is 1.29. The predicted molar refractivity (Wildman–Crippen MR) is 82.1 cm³/mol. The zero-order valence-electron chi connectivity index (χ0n) is 12.8. The first-order valence-corrected chi connectivity index (χ1v) is 8.35. The number of amides is 1. The fourth-order valence-corrected chi connectivity index (χ4v) is 3.58. The largest absolute Gasteiger partial charge is 0.364 e. The van der Waals surface area contributed by atoms with Gasteiger partial charge in [-0.15, -0.1) is 0 Å². The summed E-state index contributed by atoms with van der Waals surface area (Å²) in [7, 11) is 0. The van der Waals surface area contributed by atoms with Crippen molar-refractivity contribution in [2.24, 2.45) is 5.92 Å². The number of hydrogen-bond acceptors (Lipinski definition) is 4.